The SMILES string of the molecule is CNc1cn2ccnc2c(NCC2CCC2)n1. The Morgan fingerprint density at radius 3 is 3.06 bits per heavy atom. The van der Waals surface area contributed by atoms with Crippen molar-refractivity contribution in [3.8, 4) is 0 Å². The molecule has 0 radical (unpaired) electrons. The summed E-state index contributed by atoms with van der Waals surface area (Å²) in [6, 6.07) is 0. The second kappa shape index (κ2) is 4.24. The molecule has 0 amide bonds. The Kier molecular flexibility index (Phi) is 2.59. The molecule has 2 aromatic heterocycles. The summed E-state index contributed by atoms with van der Waals surface area (Å²) in [6.45, 7) is 1.00. The van der Waals surface area contributed by atoms with Crippen LogP contribution in [0.5, 0.6) is 0 Å². The fourth-order valence-corrected chi connectivity index (χ4v) is 2.11. The Labute approximate surface area is 100 Å². The molecule has 0 spiro atoms. The number of aromatic nitrogens is 3. The van der Waals surface area contributed by atoms with E-state index >= 15 is 0 Å². The Balaban J connectivity index is 1.86. The van der Waals surface area contributed by atoms with E-state index in [1.165, 1.54) is 19.3 Å². The minimum absolute atomic E-state index is 0.810. The van der Waals surface area contributed by atoms with Crippen LogP contribution < -0.4 is 10.6 Å². The van der Waals surface area contributed by atoms with E-state index < -0.39 is 0 Å². The van der Waals surface area contributed by atoms with Crippen LogP contribution in [0, 0.1) is 5.92 Å². The van der Waals surface area contributed by atoms with Gasteiger partial charge in [-0.25, -0.2) is 9.97 Å². The summed E-state index contributed by atoms with van der Waals surface area (Å²) in [5.41, 5.74) is 0.892. The largest absolute Gasteiger partial charge is 0.372 e. The first-order valence-electron chi connectivity index (χ1n) is 6.12. The van der Waals surface area contributed by atoms with Gasteiger partial charge in [0.25, 0.3) is 0 Å². The Hall–Kier alpha value is -1.78. The first-order chi connectivity index (χ1) is 8.36. The normalized spacial score (nSPS) is 15.8. The van der Waals surface area contributed by atoms with E-state index in [4.69, 9.17) is 0 Å². The summed E-state index contributed by atoms with van der Waals surface area (Å²) in [7, 11) is 1.88. The van der Waals surface area contributed by atoms with Crippen molar-refractivity contribution in [1.29, 1.82) is 0 Å². The van der Waals surface area contributed by atoms with Crippen LogP contribution in [0.25, 0.3) is 5.65 Å². The maximum absolute atomic E-state index is 4.52. The number of imidazole rings is 1. The van der Waals surface area contributed by atoms with E-state index in [-0.39, 0.29) is 0 Å². The van der Waals surface area contributed by atoms with Crippen molar-refractivity contribution < 1.29 is 0 Å². The molecule has 5 nitrogen and oxygen atoms in total. The van der Waals surface area contributed by atoms with E-state index in [1.54, 1.807) is 6.20 Å². The van der Waals surface area contributed by atoms with Crippen molar-refractivity contribution in [3.63, 3.8) is 0 Å². The quantitative estimate of drug-likeness (QED) is 0.845. The van der Waals surface area contributed by atoms with E-state index in [0.717, 1.165) is 29.7 Å². The highest BCUT2D eigenvalue weighted by atomic mass is 15.1. The van der Waals surface area contributed by atoms with Crippen LogP contribution in [-0.2, 0) is 0 Å². The smallest absolute Gasteiger partial charge is 0.180 e. The lowest BCUT2D eigenvalue weighted by Gasteiger charge is -2.25. The van der Waals surface area contributed by atoms with Crippen LogP contribution >= 0.6 is 0 Å². The summed E-state index contributed by atoms with van der Waals surface area (Å²) >= 11 is 0. The summed E-state index contributed by atoms with van der Waals surface area (Å²) in [6.07, 6.45) is 9.72. The standard InChI is InChI=1S/C12H17N5/c1-13-10-8-17-6-5-14-12(17)11(16-10)15-7-9-3-2-4-9/h5-6,8-9,13H,2-4,7H2,1H3,(H,15,16). The maximum atomic E-state index is 4.52. The Morgan fingerprint density at radius 2 is 2.35 bits per heavy atom. The molecule has 0 unspecified atom stereocenters. The second-order valence-corrected chi connectivity index (χ2v) is 4.56. The predicted octanol–water partition coefficient (Wildman–Crippen LogP) is 1.98. The number of rotatable bonds is 4. The maximum Gasteiger partial charge on any atom is 0.180 e. The van der Waals surface area contributed by atoms with Gasteiger partial charge in [-0.3, -0.25) is 0 Å². The van der Waals surface area contributed by atoms with Crippen molar-refractivity contribution in [2.45, 2.75) is 19.3 Å². The topological polar surface area (TPSA) is 54.2 Å². The van der Waals surface area contributed by atoms with Crippen molar-refractivity contribution in [2.75, 3.05) is 24.2 Å². The van der Waals surface area contributed by atoms with Crippen molar-refractivity contribution in [3.05, 3.63) is 18.6 Å². The van der Waals surface area contributed by atoms with Crippen molar-refractivity contribution in [1.82, 2.24) is 14.4 Å². The molecular formula is C12H17N5. The molecule has 3 rings (SSSR count). The van der Waals surface area contributed by atoms with Gasteiger partial charge in [0, 0.05) is 26.0 Å². The lowest BCUT2D eigenvalue weighted by atomic mass is 9.85. The van der Waals surface area contributed by atoms with Gasteiger partial charge in [-0.1, -0.05) is 6.42 Å². The minimum atomic E-state index is 0.810. The highest BCUT2D eigenvalue weighted by Crippen LogP contribution is 2.27. The number of fused-ring (bicyclic) bond motifs is 1. The van der Waals surface area contributed by atoms with Crippen LogP contribution in [0.2, 0.25) is 0 Å². The molecule has 17 heavy (non-hydrogen) atoms. The molecule has 90 valence electrons. The van der Waals surface area contributed by atoms with Gasteiger partial charge in [-0.05, 0) is 18.8 Å². The third kappa shape index (κ3) is 1.92. The predicted molar refractivity (Wildman–Crippen MR) is 68.4 cm³/mol. The number of hydrogen-bond acceptors (Lipinski definition) is 4. The fraction of sp³-hybridized carbons (Fsp3) is 0.500. The third-order valence-electron chi connectivity index (χ3n) is 3.41. The Morgan fingerprint density at radius 1 is 1.47 bits per heavy atom. The van der Waals surface area contributed by atoms with Crippen molar-refractivity contribution >= 4 is 17.3 Å². The second-order valence-electron chi connectivity index (χ2n) is 4.56. The first kappa shape index (κ1) is 10.4. The lowest BCUT2D eigenvalue weighted by molar-refractivity contribution is 0.333. The molecule has 2 heterocycles. The van der Waals surface area contributed by atoms with Gasteiger partial charge < -0.3 is 15.0 Å². The number of nitrogens with zero attached hydrogens (tertiary/aromatic N) is 3. The highest BCUT2D eigenvalue weighted by molar-refractivity contribution is 5.65. The molecule has 2 N–H and O–H groups in total. The van der Waals surface area contributed by atoms with Crippen LogP contribution in [0.1, 0.15) is 19.3 Å². The van der Waals surface area contributed by atoms with E-state index in [0.29, 0.717) is 0 Å². The zero-order valence-electron chi connectivity index (χ0n) is 9.98. The van der Waals surface area contributed by atoms with Gasteiger partial charge in [0.15, 0.2) is 11.5 Å². The van der Waals surface area contributed by atoms with Gasteiger partial charge in [-0.2, -0.15) is 0 Å². The average molecular weight is 231 g/mol. The van der Waals surface area contributed by atoms with E-state index in [9.17, 15) is 0 Å². The minimum Gasteiger partial charge on any atom is -0.372 e. The van der Waals surface area contributed by atoms with Crippen LogP contribution in [0.15, 0.2) is 18.6 Å². The summed E-state index contributed by atoms with van der Waals surface area (Å²) < 4.78 is 1.99. The fourth-order valence-electron chi connectivity index (χ4n) is 2.11. The summed E-state index contributed by atoms with van der Waals surface area (Å²) in [5.74, 6) is 2.53. The lowest BCUT2D eigenvalue weighted by Crippen LogP contribution is -2.21. The zero-order chi connectivity index (χ0) is 11.7. The zero-order valence-corrected chi connectivity index (χ0v) is 9.98. The Bertz CT molecular complexity index is 515. The molecule has 0 saturated heterocycles. The molecule has 1 aliphatic rings. The first-order valence-corrected chi connectivity index (χ1v) is 6.12. The molecular weight excluding hydrogens is 214 g/mol. The van der Waals surface area contributed by atoms with Crippen molar-refractivity contribution in [2.24, 2.45) is 5.92 Å². The number of anilines is 2. The van der Waals surface area contributed by atoms with Crippen LogP contribution in [-0.4, -0.2) is 28.0 Å². The molecule has 1 aliphatic carbocycles. The average Bonchev–Trinajstić information content (AvgIpc) is 2.74. The number of hydrogen-bond donors (Lipinski definition) is 2. The van der Waals surface area contributed by atoms with Gasteiger partial charge in [-0.15, -0.1) is 0 Å². The van der Waals surface area contributed by atoms with E-state index in [1.807, 2.05) is 23.8 Å². The van der Waals surface area contributed by atoms with Gasteiger partial charge in [0.1, 0.15) is 5.82 Å². The van der Waals surface area contributed by atoms with Gasteiger partial charge in [0.05, 0.1) is 6.20 Å². The van der Waals surface area contributed by atoms with Gasteiger partial charge >= 0.3 is 0 Å². The molecule has 1 fully saturated rings. The molecule has 0 aliphatic heterocycles. The van der Waals surface area contributed by atoms with Crippen LogP contribution in [0.4, 0.5) is 11.6 Å². The number of nitrogens with one attached hydrogen (secondary N) is 2. The molecule has 1 saturated carbocycles. The highest BCUT2D eigenvalue weighted by Gasteiger charge is 2.17. The monoisotopic (exact) mass is 231 g/mol. The molecule has 2 aromatic rings. The van der Waals surface area contributed by atoms with E-state index in [2.05, 4.69) is 20.6 Å². The third-order valence-corrected chi connectivity index (χ3v) is 3.41. The molecule has 0 atom stereocenters. The summed E-state index contributed by atoms with van der Waals surface area (Å²) in [4.78, 5) is 8.84. The molecule has 0 aromatic carbocycles. The van der Waals surface area contributed by atoms with Gasteiger partial charge in [0.2, 0.25) is 0 Å². The molecule has 0 bridgehead atoms. The molecule has 5 heteroatoms. The summed E-state index contributed by atoms with van der Waals surface area (Å²) in [5, 5.41) is 6.48. The van der Waals surface area contributed by atoms with Crippen LogP contribution in [0.3, 0.4) is 0 Å².